The SMILES string of the molecule is CCn1cc(NC(=O)CCn2cc([N+](=O)[O-])cn2)c(C(=O)NC)n1. The lowest BCUT2D eigenvalue weighted by Crippen LogP contribution is -2.22. The van der Waals surface area contributed by atoms with Gasteiger partial charge < -0.3 is 10.6 Å². The van der Waals surface area contributed by atoms with Gasteiger partial charge in [0.05, 0.1) is 10.6 Å². The molecule has 2 heterocycles. The maximum Gasteiger partial charge on any atom is 0.306 e. The van der Waals surface area contributed by atoms with Crippen LogP contribution in [-0.2, 0) is 17.9 Å². The summed E-state index contributed by atoms with van der Waals surface area (Å²) in [6.45, 7) is 2.59. The summed E-state index contributed by atoms with van der Waals surface area (Å²) in [6.07, 6.45) is 3.98. The second-order valence-corrected chi connectivity index (χ2v) is 4.84. The lowest BCUT2D eigenvalue weighted by atomic mass is 10.3. The second kappa shape index (κ2) is 7.35. The lowest BCUT2D eigenvalue weighted by molar-refractivity contribution is -0.385. The van der Waals surface area contributed by atoms with Crippen LogP contribution in [-0.4, -0.2) is 43.3 Å². The highest BCUT2D eigenvalue weighted by Crippen LogP contribution is 2.14. The van der Waals surface area contributed by atoms with Gasteiger partial charge in [-0.3, -0.25) is 29.1 Å². The quantitative estimate of drug-likeness (QED) is 0.555. The highest BCUT2D eigenvalue weighted by molar-refractivity contribution is 6.02. The third-order valence-electron chi connectivity index (χ3n) is 3.20. The number of rotatable bonds is 7. The van der Waals surface area contributed by atoms with E-state index in [4.69, 9.17) is 0 Å². The van der Waals surface area contributed by atoms with Crippen molar-refractivity contribution in [2.24, 2.45) is 0 Å². The van der Waals surface area contributed by atoms with E-state index in [1.165, 1.54) is 22.6 Å². The molecule has 0 atom stereocenters. The number of carbonyl (C=O) groups excluding carboxylic acids is 2. The second-order valence-electron chi connectivity index (χ2n) is 4.84. The number of hydrogen-bond acceptors (Lipinski definition) is 6. The summed E-state index contributed by atoms with van der Waals surface area (Å²) in [7, 11) is 1.48. The number of carbonyl (C=O) groups is 2. The first kappa shape index (κ1) is 17.1. The Balaban J connectivity index is 2.00. The number of hydrogen-bond donors (Lipinski definition) is 2. The van der Waals surface area contributed by atoms with Crippen molar-refractivity contribution in [1.82, 2.24) is 24.9 Å². The van der Waals surface area contributed by atoms with Gasteiger partial charge in [-0.15, -0.1) is 0 Å². The first-order valence-electron chi connectivity index (χ1n) is 7.20. The van der Waals surface area contributed by atoms with Crippen molar-refractivity contribution >= 4 is 23.2 Å². The molecule has 0 saturated heterocycles. The molecule has 0 aliphatic carbocycles. The molecule has 2 N–H and O–H groups in total. The molecule has 0 unspecified atom stereocenters. The number of anilines is 1. The molecule has 2 aromatic heterocycles. The molecule has 24 heavy (non-hydrogen) atoms. The summed E-state index contributed by atoms with van der Waals surface area (Å²) in [6, 6.07) is 0. The van der Waals surface area contributed by atoms with Gasteiger partial charge in [0.2, 0.25) is 5.91 Å². The maximum absolute atomic E-state index is 12.0. The van der Waals surface area contributed by atoms with E-state index < -0.39 is 10.8 Å². The van der Waals surface area contributed by atoms with E-state index in [1.807, 2.05) is 6.92 Å². The molecule has 2 amide bonds. The molecule has 11 heteroatoms. The van der Waals surface area contributed by atoms with Crippen LogP contribution < -0.4 is 10.6 Å². The molecular weight excluding hydrogens is 318 g/mol. The van der Waals surface area contributed by atoms with Crippen LogP contribution >= 0.6 is 0 Å². The average Bonchev–Trinajstić information content (AvgIpc) is 3.19. The van der Waals surface area contributed by atoms with Crippen molar-refractivity contribution in [2.45, 2.75) is 26.4 Å². The minimum atomic E-state index is -0.557. The fourth-order valence-corrected chi connectivity index (χ4v) is 1.96. The van der Waals surface area contributed by atoms with Crippen molar-refractivity contribution in [2.75, 3.05) is 12.4 Å². The number of aromatic nitrogens is 4. The van der Waals surface area contributed by atoms with Gasteiger partial charge in [-0.05, 0) is 6.92 Å². The largest absolute Gasteiger partial charge is 0.354 e. The van der Waals surface area contributed by atoms with Crippen LogP contribution in [0.2, 0.25) is 0 Å². The topological polar surface area (TPSA) is 137 Å². The average molecular weight is 335 g/mol. The Kier molecular flexibility index (Phi) is 5.24. The van der Waals surface area contributed by atoms with E-state index in [0.717, 1.165) is 6.20 Å². The fraction of sp³-hybridized carbons (Fsp3) is 0.385. The maximum atomic E-state index is 12.0. The summed E-state index contributed by atoms with van der Waals surface area (Å²) in [5.41, 5.74) is 0.302. The first-order chi connectivity index (χ1) is 11.4. The summed E-state index contributed by atoms with van der Waals surface area (Å²) >= 11 is 0. The van der Waals surface area contributed by atoms with Crippen LogP contribution in [0.25, 0.3) is 0 Å². The van der Waals surface area contributed by atoms with Crippen molar-refractivity contribution in [3.63, 3.8) is 0 Å². The smallest absolute Gasteiger partial charge is 0.306 e. The zero-order chi connectivity index (χ0) is 17.7. The monoisotopic (exact) mass is 335 g/mol. The normalized spacial score (nSPS) is 10.4. The van der Waals surface area contributed by atoms with Gasteiger partial charge in [-0.1, -0.05) is 0 Å². The van der Waals surface area contributed by atoms with E-state index in [0.29, 0.717) is 12.2 Å². The van der Waals surface area contributed by atoms with Crippen molar-refractivity contribution < 1.29 is 14.5 Å². The standard InChI is InChI=1S/C13H17N7O4/c1-3-18-8-10(12(17-18)13(22)14-2)16-11(21)4-5-19-7-9(6-15-19)20(23)24/h6-8H,3-5H2,1-2H3,(H,14,22)(H,16,21). The predicted molar refractivity (Wildman–Crippen MR) is 83.4 cm³/mol. The molecule has 0 radical (unpaired) electrons. The van der Waals surface area contributed by atoms with Crippen LogP contribution in [0.3, 0.4) is 0 Å². The van der Waals surface area contributed by atoms with Crippen LogP contribution in [0, 0.1) is 10.1 Å². The Bertz CT molecular complexity index is 764. The Hall–Kier alpha value is -3.24. The highest BCUT2D eigenvalue weighted by atomic mass is 16.6. The molecule has 0 saturated carbocycles. The highest BCUT2D eigenvalue weighted by Gasteiger charge is 2.17. The zero-order valence-electron chi connectivity index (χ0n) is 13.2. The minimum Gasteiger partial charge on any atom is -0.354 e. The van der Waals surface area contributed by atoms with Gasteiger partial charge in [0, 0.05) is 32.8 Å². The summed E-state index contributed by atoms with van der Waals surface area (Å²) in [5.74, 6) is -0.755. The molecule has 11 nitrogen and oxygen atoms in total. The summed E-state index contributed by atoms with van der Waals surface area (Å²) in [4.78, 5) is 33.8. The van der Waals surface area contributed by atoms with Gasteiger partial charge in [-0.2, -0.15) is 10.2 Å². The molecule has 2 rings (SSSR count). The van der Waals surface area contributed by atoms with E-state index in [1.54, 1.807) is 6.20 Å². The van der Waals surface area contributed by atoms with Gasteiger partial charge in [0.15, 0.2) is 5.69 Å². The molecule has 0 spiro atoms. The predicted octanol–water partition coefficient (Wildman–Crippen LogP) is 0.396. The third-order valence-corrected chi connectivity index (χ3v) is 3.20. The Labute approximate surface area is 136 Å². The van der Waals surface area contributed by atoms with Crippen LogP contribution in [0.1, 0.15) is 23.8 Å². The molecule has 0 aliphatic heterocycles. The molecule has 0 aromatic carbocycles. The Morgan fingerprint density at radius 1 is 1.33 bits per heavy atom. The molecule has 128 valence electrons. The van der Waals surface area contributed by atoms with E-state index in [-0.39, 0.29) is 30.3 Å². The Morgan fingerprint density at radius 3 is 2.67 bits per heavy atom. The number of nitro groups is 1. The molecule has 0 aliphatic rings. The lowest BCUT2D eigenvalue weighted by Gasteiger charge is -2.04. The minimum absolute atomic E-state index is 0.0450. The first-order valence-corrected chi connectivity index (χ1v) is 7.20. The zero-order valence-corrected chi connectivity index (χ0v) is 13.2. The van der Waals surface area contributed by atoms with E-state index in [2.05, 4.69) is 20.8 Å². The van der Waals surface area contributed by atoms with E-state index in [9.17, 15) is 19.7 Å². The summed E-state index contributed by atoms with van der Waals surface area (Å²) in [5, 5.41) is 23.6. The molecule has 0 fully saturated rings. The molecular formula is C13H17N7O4. The van der Waals surface area contributed by atoms with Crippen LogP contribution in [0.15, 0.2) is 18.6 Å². The summed E-state index contributed by atoms with van der Waals surface area (Å²) < 4.78 is 2.85. The number of amides is 2. The van der Waals surface area contributed by atoms with Gasteiger partial charge in [-0.25, -0.2) is 0 Å². The van der Waals surface area contributed by atoms with Crippen molar-refractivity contribution in [1.29, 1.82) is 0 Å². The Morgan fingerprint density at radius 2 is 2.08 bits per heavy atom. The number of nitrogens with one attached hydrogen (secondary N) is 2. The van der Waals surface area contributed by atoms with Crippen molar-refractivity contribution in [3.05, 3.63) is 34.4 Å². The van der Waals surface area contributed by atoms with Gasteiger partial charge in [0.1, 0.15) is 12.4 Å². The third kappa shape index (κ3) is 3.94. The van der Waals surface area contributed by atoms with E-state index >= 15 is 0 Å². The van der Waals surface area contributed by atoms with Crippen LogP contribution in [0.4, 0.5) is 11.4 Å². The fourth-order valence-electron chi connectivity index (χ4n) is 1.96. The number of nitrogens with zero attached hydrogens (tertiary/aromatic N) is 5. The van der Waals surface area contributed by atoms with Gasteiger partial charge in [0.25, 0.3) is 5.91 Å². The van der Waals surface area contributed by atoms with Crippen LogP contribution in [0.5, 0.6) is 0 Å². The molecule has 0 bridgehead atoms. The number of aryl methyl sites for hydroxylation is 2. The van der Waals surface area contributed by atoms with Crippen molar-refractivity contribution in [3.8, 4) is 0 Å². The molecule has 2 aromatic rings. The van der Waals surface area contributed by atoms with Gasteiger partial charge >= 0.3 is 5.69 Å².